The first-order valence-corrected chi connectivity index (χ1v) is 7.23. The predicted molar refractivity (Wildman–Crippen MR) is 86.3 cm³/mol. The number of rotatable bonds is 2. The van der Waals surface area contributed by atoms with Gasteiger partial charge in [-0.2, -0.15) is 5.10 Å². The molecule has 0 saturated carbocycles. The summed E-state index contributed by atoms with van der Waals surface area (Å²) in [6, 6.07) is 12.9. The maximum Gasteiger partial charge on any atom is 0.153 e. The average molecular weight is 346 g/mol. The van der Waals surface area contributed by atoms with Crippen molar-refractivity contribution >= 4 is 21.7 Å². The fourth-order valence-electron chi connectivity index (χ4n) is 2.33. The van der Waals surface area contributed by atoms with E-state index >= 15 is 0 Å². The van der Waals surface area contributed by atoms with E-state index in [1.54, 1.807) is 19.1 Å². The van der Waals surface area contributed by atoms with Gasteiger partial charge in [0.1, 0.15) is 5.82 Å². The Kier molecular flexibility index (Phi) is 3.51. The van der Waals surface area contributed by atoms with E-state index < -0.39 is 0 Å². The lowest BCUT2D eigenvalue weighted by atomic mass is 9.99. The Bertz CT molecular complexity index is 811. The van der Waals surface area contributed by atoms with E-state index in [-0.39, 0.29) is 5.82 Å². The van der Waals surface area contributed by atoms with Gasteiger partial charge in [0.25, 0.3) is 0 Å². The lowest BCUT2D eigenvalue weighted by Gasteiger charge is -2.08. The molecule has 106 valence electrons. The van der Waals surface area contributed by atoms with Gasteiger partial charge in [-0.05, 0) is 24.6 Å². The van der Waals surface area contributed by atoms with Crippen LogP contribution in [0, 0.1) is 12.7 Å². The molecule has 0 atom stereocenters. The van der Waals surface area contributed by atoms with Gasteiger partial charge in [0.2, 0.25) is 0 Å². The lowest BCUT2D eigenvalue weighted by molar-refractivity contribution is 0.621. The maximum absolute atomic E-state index is 14.4. The molecule has 0 amide bonds. The Morgan fingerprint density at radius 1 is 1.10 bits per heavy atom. The van der Waals surface area contributed by atoms with Crippen LogP contribution in [0.25, 0.3) is 22.4 Å². The van der Waals surface area contributed by atoms with Gasteiger partial charge < -0.3 is 5.73 Å². The topological polar surface area (TPSA) is 54.7 Å². The summed E-state index contributed by atoms with van der Waals surface area (Å²) in [6.07, 6.45) is 0. The van der Waals surface area contributed by atoms with Gasteiger partial charge in [-0.25, -0.2) is 4.39 Å². The average Bonchev–Trinajstić information content (AvgIpc) is 2.84. The minimum Gasteiger partial charge on any atom is -0.382 e. The Morgan fingerprint density at radius 2 is 1.81 bits per heavy atom. The van der Waals surface area contributed by atoms with Gasteiger partial charge in [-0.1, -0.05) is 46.3 Å². The molecule has 3 aromatic rings. The minimum absolute atomic E-state index is 0.269. The largest absolute Gasteiger partial charge is 0.382 e. The van der Waals surface area contributed by atoms with Crippen LogP contribution in [-0.4, -0.2) is 10.2 Å². The summed E-state index contributed by atoms with van der Waals surface area (Å²) < 4.78 is 15.3. The van der Waals surface area contributed by atoms with Crippen molar-refractivity contribution in [3.8, 4) is 22.4 Å². The second-order valence-corrected chi connectivity index (χ2v) is 5.63. The molecule has 1 aromatic heterocycles. The zero-order valence-electron chi connectivity index (χ0n) is 11.3. The first kappa shape index (κ1) is 13.8. The number of aromatic nitrogens is 2. The molecule has 3 N–H and O–H groups in total. The summed E-state index contributed by atoms with van der Waals surface area (Å²) in [5.41, 5.74) is 9.19. The van der Waals surface area contributed by atoms with Crippen molar-refractivity contribution in [2.45, 2.75) is 6.92 Å². The van der Waals surface area contributed by atoms with Crippen molar-refractivity contribution in [3.05, 3.63) is 58.3 Å². The molecule has 0 aliphatic heterocycles. The van der Waals surface area contributed by atoms with Crippen LogP contribution >= 0.6 is 15.9 Å². The zero-order chi connectivity index (χ0) is 15.0. The summed E-state index contributed by atoms with van der Waals surface area (Å²) in [5.74, 6) is 0.0762. The van der Waals surface area contributed by atoms with Crippen LogP contribution in [0.4, 0.5) is 10.2 Å². The molecule has 1 heterocycles. The van der Waals surface area contributed by atoms with Gasteiger partial charge in [-0.15, -0.1) is 0 Å². The standard InChI is InChI=1S/C16H13BrFN3/c1-9-5-4-7-11(14(9)18)15-13(16(19)21-20-15)10-6-2-3-8-12(10)17/h2-8H,1H3,(H3,19,20,21). The predicted octanol–water partition coefficient (Wildman–Crippen LogP) is 4.54. The van der Waals surface area contributed by atoms with Crippen LogP contribution in [-0.2, 0) is 0 Å². The van der Waals surface area contributed by atoms with Crippen LogP contribution in [0.1, 0.15) is 5.56 Å². The van der Waals surface area contributed by atoms with Gasteiger partial charge in [0, 0.05) is 15.6 Å². The third-order valence-corrected chi connectivity index (χ3v) is 4.09. The van der Waals surface area contributed by atoms with Crippen molar-refractivity contribution in [1.29, 1.82) is 0 Å². The van der Waals surface area contributed by atoms with Gasteiger partial charge in [0.05, 0.1) is 11.3 Å². The molecule has 0 fully saturated rings. The number of hydrogen-bond acceptors (Lipinski definition) is 2. The molecule has 0 aliphatic rings. The number of nitrogens with one attached hydrogen (secondary N) is 1. The van der Waals surface area contributed by atoms with E-state index in [0.717, 1.165) is 10.0 Å². The smallest absolute Gasteiger partial charge is 0.153 e. The SMILES string of the molecule is Cc1cccc(-c2[nH]nc(N)c2-c2ccccc2Br)c1F. The number of nitrogens with two attached hydrogens (primary N) is 1. The molecular formula is C16H13BrFN3. The van der Waals surface area contributed by atoms with E-state index in [0.29, 0.717) is 28.2 Å². The Hall–Kier alpha value is -2.14. The van der Waals surface area contributed by atoms with Gasteiger partial charge in [0.15, 0.2) is 5.82 Å². The number of nitrogen functional groups attached to an aromatic ring is 1. The van der Waals surface area contributed by atoms with E-state index in [1.165, 1.54) is 0 Å². The number of benzene rings is 2. The van der Waals surface area contributed by atoms with E-state index in [4.69, 9.17) is 5.73 Å². The monoisotopic (exact) mass is 345 g/mol. The van der Waals surface area contributed by atoms with Crippen LogP contribution in [0.15, 0.2) is 46.9 Å². The van der Waals surface area contributed by atoms with Crippen LogP contribution in [0.2, 0.25) is 0 Å². The number of nitrogens with zero attached hydrogens (tertiary/aromatic N) is 1. The van der Waals surface area contributed by atoms with E-state index in [9.17, 15) is 4.39 Å². The third-order valence-electron chi connectivity index (χ3n) is 3.40. The molecule has 0 unspecified atom stereocenters. The molecule has 0 aliphatic carbocycles. The molecule has 0 radical (unpaired) electrons. The van der Waals surface area contributed by atoms with Crippen LogP contribution in [0.3, 0.4) is 0 Å². The van der Waals surface area contributed by atoms with E-state index in [1.807, 2.05) is 30.3 Å². The molecule has 5 heteroatoms. The van der Waals surface area contributed by atoms with Crippen molar-refractivity contribution in [1.82, 2.24) is 10.2 Å². The summed E-state index contributed by atoms with van der Waals surface area (Å²) in [4.78, 5) is 0. The van der Waals surface area contributed by atoms with E-state index in [2.05, 4.69) is 26.1 Å². The van der Waals surface area contributed by atoms with Crippen LogP contribution < -0.4 is 5.73 Å². The minimum atomic E-state index is -0.269. The number of aryl methyl sites for hydroxylation is 1. The van der Waals surface area contributed by atoms with Gasteiger partial charge >= 0.3 is 0 Å². The van der Waals surface area contributed by atoms with Crippen molar-refractivity contribution in [2.75, 3.05) is 5.73 Å². The number of hydrogen-bond donors (Lipinski definition) is 2. The molecule has 2 aromatic carbocycles. The number of H-pyrrole nitrogens is 1. The highest BCUT2D eigenvalue weighted by molar-refractivity contribution is 9.10. The highest BCUT2D eigenvalue weighted by atomic mass is 79.9. The molecule has 0 saturated heterocycles. The Labute approximate surface area is 130 Å². The quantitative estimate of drug-likeness (QED) is 0.716. The molecule has 3 nitrogen and oxygen atoms in total. The highest BCUT2D eigenvalue weighted by Gasteiger charge is 2.19. The summed E-state index contributed by atoms with van der Waals surface area (Å²) >= 11 is 3.50. The van der Waals surface area contributed by atoms with Crippen molar-refractivity contribution in [2.24, 2.45) is 0 Å². The number of aromatic amines is 1. The fourth-order valence-corrected chi connectivity index (χ4v) is 2.81. The molecule has 0 spiro atoms. The molecule has 21 heavy (non-hydrogen) atoms. The number of halogens is 2. The normalized spacial score (nSPS) is 10.8. The molecular weight excluding hydrogens is 333 g/mol. The third kappa shape index (κ3) is 2.34. The Morgan fingerprint density at radius 3 is 2.57 bits per heavy atom. The summed E-state index contributed by atoms with van der Waals surface area (Å²) in [6.45, 7) is 1.73. The molecule has 3 rings (SSSR count). The maximum atomic E-state index is 14.4. The first-order chi connectivity index (χ1) is 10.1. The second-order valence-electron chi connectivity index (χ2n) is 4.78. The summed E-state index contributed by atoms with van der Waals surface area (Å²) in [7, 11) is 0. The summed E-state index contributed by atoms with van der Waals surface area (Å²) in [5, 5.41) is 6.89. The highest BCUT2D eigenvalue weighted by Crippen LogP contribution is 2.39. The van der Waals surface area contributed by atoms with Crippen molar-refractivity contribution in [3.63, 3.8) is 0 Å². The second kappa shape index (κ2) is 5.33. The lowest BCUT2D eigenvalue weighted by Crippen LogP contribution is -1.92. The van der Waals surface area contributed by atoms with Crippen LogP contribution in [0.5, 0.6) is 0 Å². The first-order valence-electron chi connectivity index (χ1n) is 6.44. The zero-order valence-corrected chi connectivity index (χ0v) is 12.9. The van der Waals surface area contributed by atoms with Crippen molar-refractivity contribution < 1.29 is 4.39 Å². The Balaban J connectivity index is 2.28. The fraction of sp³-hybridized carbons (Fsp3) is 0.0625. The van der Waals surface area contributed by atoms with Gasteiger partial charge in [-0.3, -0.25) is 5.10 Å². The number of anilines is 1. The molecule has 0 bridgehead atoms.